The van der Waals surface area contributed by atoms with Crippen LogP contribution in [0.15, 0.2) is 18.2 Å². The van der Waals surface area contributed by atoms with Crippen molar-refractivity contribution in [1.29, 1.82) is 0 Å². The van der Waals surface area contributed by atoms with Crippen molar-refractivity contribution in [2.24, 2.45) is 5.73 Å². The second-order valence-corrected chi connectivity index (χ2v) is 8.25. The van der Waals surface area contributed by atoms with E-state index in [1.807, 2.05) is 0 Å². The number of carbonyl (C=O) groups is 1. The number of benzene rings is 1. The Kier molecular flexibility index (Phi) is 4.95. The van der Waals surface area contributed by atoms with E-state index in [0.717, 1.165) is 0 Å². The first kappa shape index (κ1) is 17.4. The maximum atomic E-state index is 11.5. The number of primary amides is 1. The van der Waals surface area contributed by atoms with Gasteiger partial charge in [0.1, 0.15) is 5.52 Å². The summed E-state index contributed by atoms with van der Waals surface area (Å²) in [6.45, 7) is -3.06. The molecule has 1 fully saturated rings. The molecule has 1 aliphatic rings. The summed E-state index contributed by atoms with van der Waals surface area (Å²) in [6.07, 6.45) is 0.818. The minimum Gasteiger partial charge on any atom is -0.366 e. The van der Waals surface area contributed by atoms with Crippen LogP contribution >= 0.6 is 6.72 Å². The van der Waals surface area contributed by atoms with Gasteiger partial charge in [-0.05, 0) is 36.8 Å². The molecular weight excluding hydrogens is 355 g/mol. The first-order valence-corrected chi connectivity index (χ1v) is 9.82. The molecule has 1 aliphatic heterocycles. The first-order valence-electron chi connectivity index (χ1n) is 7.23. The number of fused-ring (bicyclic) bond motifs is 1. The average Bonchev–Trinajstić information content (AvgIpc) is 3.18. The fourth-order valence-corrected chi connectivity index (χ4v) is 3.24. The van der Waals surface area contributed by atoms with Gasteiger partial charge in [0.2, 0.25) is 0 Å². The molecule has 24 heavy (non-hydrogen) atoms. The molecule has 2 aromatic rings. The molecule has 0 bridgehead atoms. The van der Waals surface area contributed by atoms with Crippen molar-refractivity contribution in [3.63, 3.8) is 0 Å². The Morgan fingerprint density at radius 1 is 1.58 bits per heavy atom. The Morgan fingerprint density at radius 2 is 2.38 bits per heavy atom. The van der Waals surface area contributed by atoms with E-state index >= 15 is 0 Å². The minimum absolute atomic E-state index is 0.136. The zero-order valence-electron chi connectivity index (χ0n) is 12.9. The van der Waals surface area contributed by atoms with E-state index in [-0.39, 0.29) is 18.9 Å². The van der Waals surface area contributed by atoms with Crippen LogP contribution in [0.1, 0.15) is 29.4 Å². The number of hydrogen-bond donors (Lipinski definition) is 2. The van der Waals surface area contributed by atoms with Crippen LogP contribution in [-0.2, 0) is 25.6 Å². The Balaban J connectivity index is 1.75. The first-order chi connectivity index (χ1) is 11.4. The summed E-state index contributed by atoms with van der Waals surface area (Å²) in [6, 6.07) is 5.13. The maximum absolute atomic E-state index is 11.5. The predicted molar refractivity (Wildman–Crippen MR) is 88.7 cm³/mol. The Labute approximate surface area is 142 Å². The van der Waals surface area contributed by atoms with Crippen molar-refractivity contribution in [2.45, 2.75) is 25.2 Å². The van der Waals surface area contributed by atoms with Gasteiger partial charge in [0, 0.05) is 7.11 Å². The quantitative estimate of drug-likeness (QED) is 0.723. The molecule has 9 nitrogen and oxygen atoms in total. The lowest BCUT2D eigenvalue weighted by atomic mass is 10.1. The summed E-state index contributed by atoms with van der Waals surface area (Å²) in [7, 11) is 1.30. The van der Waals surface area contributed by atoms with Crippen molar-refractivity contribution in [2.75, 3.05) is 13.7 Å². The molecule has 3 rings (SSSR count). The molecule has 0 aliphatic carbocycles. The van der Waals surface area contributed by atoms with Gasteiger partial charge in [0.15, 0.2) is 6.23 Å². The average molecular weight is 372 g/mol. The third-order valence-electron chi connectivity index (χ3n) is 3.78. The molecular formula is C13H17N4O5PS. The standard InChI is InChI=1S/C13H17N4O5PS/c1-20-23(19,24)21-7-8-5-6-11(22-8)17-10-4-2-3-9(13(14)18)12(10)15-16-17/h2-4,8,11H,5-7H2,1H3,(H2,14,18)(H,19,24)/t8-,11+,23?/m0/s1. The van der Waals surface area contributed by atoms with E-state index in [1.165, 1.54) is 7.11 Å². The van der Waals surface area contributed by atoms with Gasteiger partial charge >= 0.3 is 6.72 Å². The zero-order chi connectivity index (χ0) is 17.3. The van der Waals surface area contributed by atoms with Gasteiger partial charge < -0.3 is 24.4 Å². The highest BCUT2D eigenvalue weighted by Gasteiger charge is 2.30. The molecule has 3 N–H and O–H groups in total. The number of rotatable bonds is 6. The third kappa shape index (κ3) is 3.49. The fourth-order valence-electron chi connectivity index (χ4n) is 2.59. The summed E-state index contributed by atoms with van der Waals surface area (Å²) < 4.78 is 17.4. The van der Waals surface area contributed by atoms with Crippen molar-refractivity contribution in [3.8, 4) is 0 Å². The Morgan fingerprint density at radius 3 is 3.08 bits per heavy atom. The lowest BCUT2D eigenvalue weighted by Crippen LogP contribution is -2.17. The Bertz CT molecular complexity index is 813. The van der Waals surface area contributed by atoms with Crippen molar-refractivity contribution < 1.29 is 23.5 Å². The molecule has 11 heteroatoms. The second kappa shape index (κ2) is 6.83. The maximum Gasteiger partial charge on any atom is 0.324 e. The van der Waals surface area contributed by atoms with E-state index in [4.69, 9.17) is 31.3 Å². The topological polar surface area (TPSA) is 122 Å². The molecule has 2 heterocycles. The van der Waals surface area contributed by atoms with E-state index in [9.17, 15) is 9.69 Å². The second-order valence-electron chi connectivity index (χ2n) is 5.31. The van der Waals surface area contributed by atoms with E-state index in [0.29, 0.717) is 29.4 Å². The smallest absolute Gasteiger partial charge is 0.324 e. The van der Waals surface area contributed by atoms with Gasteiger partial charge in [0.25, 0.3) is 5.91 Å². The third-order valence-corrected chi connectivity index (χ3v) is 5.48. The van der Waals surface area contributed by atoms with E-state index < -0.39 is 12.6 Å². The molecule has 130 valence electrons. The summed E-state index contributed by atoms with van der Waals surface area (Å²) in [4.78, 5) is 21.1. The van der Waals surface area contributed by atoms with E-state index in [1.54, 1.807) is 22.9 Å². The molecule has 0 saturated carbocycles. The number of nitrogens with zero attached hydrogens (tertiary/aromatic N) is 3. The highest BCUT2D eigenvalue weighted by molar-refractivity contribution is 8.07. The highest BCUT2D eigenvalue weighted by Crippen LogP contribution is 2.43. The number of ether oxygens (including phenoxy) is 1. The number of carbonyl (C=O) groups excluding carboxylic acids is 1. The van der Waals surface area contributed by atoms with Crippen LogP contribution < -0.4 is 5.73 Å². The van der Waals surface area contributed by atoms with Gasteiger partial charge in [-0.3, -0.25) is 4.79 Å². The zero-order valence-corrected chi connectivity index (χ0v) is 14.6. The molecule has 1 aromatic heterocycles. The summed E-state index contributed by atoms with van der Waals surface area (Å²) in [5, 5.41) is 8.12. The van der Waals surface area contributed by atoms with Crippen molar-refractivity contribution >= 4 is 35.5 Å². The fraction of sp³-hybridized carbons (Fsp3) is 0.462. The van der Waals surface area contributed by atoms with Crippen LogP contribution in [-0.4, -0.2) is 45.6 Å². The number of amides is 1. The SMILES string of the molecule is COP(O)(=S)OC[C@@H]1CC[C@H](n2nnc3c(C(N)=O)cccc32)O1. The van der Waals surface area contributed by atoms with Crippen LogP contribution in [0.4, 0.5) is 0 Å². The number of hydrogen-bond acceptors (Lipinski definition) is 7. The van der Waals surface area contributed by atoms with Gasteiger partial charge in [-0.2, -0.15) is 0 Å². The van der Waals surface area contributed by atoms with Crippen LogP contribution in [0.25, 0.3) is 11.0 Å². The van der Waals surface area contributed by atoms with Crippen molar-refractivity contribution in [1.82, 2.24) is 15.0 Å². The predicted octanol–water partition coefficient (Wildman–Crippen LogP) is 1.09. The van der Waals surface area contributed by atoms with Crippen LogP contribution in [0, 0.1) is 0 Å². The molecule has 1 unspecified atom stereocenters. The van der Waals surface area contributed by atoms with Crippen LogP contribution in [0.2, 0.25) is 0 Å². The highest BCUT2D eigenvalue weighted by atomic mass is 32.5. The normalized spacial score (nSPS) is 23.4. The van der Waals surface area contributed by atoms with Gasteiger partial charge in [0.05, 0.1) is 23.8 Å². The summed E-state index contributed by atoms with van der Waals surface area (Å²) >= 11 is 4.79. The summed E-state index contributed by atoms with van der Waals surface area (Å²) in [5.74, 6) is -0.556. The monoisotopic (exact) mass is 372 g/mol. The van der Waals surface area contributed by atoms with Crippen LogP contribution in [0.3, 0.4) is 0 Å². The number of nitrogens with two attached hydrogens (primary N) is 1. The van der Waals surface area contributed by atoms with E-state index in [2.05, 4.69) is 10.3 Å². The molecule has 1 aromatic carbocycles. The summed E-state index contributed by atoms with van der Waals surface area (Å²) in [5.41, 5.74) is 6.78. The molecule has 1 amide bonds. The largest absolute Gasteiger partial charge is 0.366 e. The van der Waals surface area contributed by atoms with Gasteiger partial charge in [-0.15, -0.1) is 5.10 Å². The molecule has 0 spiro atoms. The lowest BCUT2D eigenvalue weighted by molar-refractivity contribution is -0.0245. The molecule has 1 saturated heterocycles. The van der Waals surface area contributed by atoms with Crippen molar-refractivity contribution in [3.05, 3.63) is 23.8 Å². The minimum atomic E-state index is -3.20. The van der Waals surface area contributed by atoms with Crippen LogP contribution in [0.5, 0.6) is 0 Å². The van der Waals surface area contributed by atoms with Gasteiger partial charge in [-0.1, -0.05) is 11.3 Å². The molecule has 0 radical (unpaired) electrons. The molecule has 3 atom stereocenters. The lowest BCUT2D eigenvalue weighted by Gasteiger charge is -2.17. The number of aromatic nitrogens is 3. The van der Waals surface area contributed by atoms with Gasteiger partial charge in [-0.25, -0.2) is 4.68 Å². The Hall–Kier alpha value is -1.42.